The first kappa shape index (κ1) is 14.3. The van der Waals surface area contributed by atoms with E-state index in [1.165, 1.54) is 13.0 Å². The fourth-order valence-electron chi connectivity index (χ4n) is 2.67. The third-order valence-corrected chi connectivity index (χ3v) is 3.98. The zero-order valence-corrected chi connectivity index (χ0v) is 12.8. The molecule has 3 rings (SSSR count). The van der Waals surface area contributed by atoms with Crippen molar-refractivity contribution in [3.8, 4) is 11.4 Å². The topological polar surface area (TPSA) is 41.0 Å². The quantitative estimate of drug-likeness (QED) is 0.881. The molecule has 1 saturated heterocycles. The first-order valence-electron chi connectivity index (χ1n) is 7.23. The lowest BCUT2D eigenvalue weighted by Crippen LogP contribution is -2.19. The van der Waals surface area contributed by atoms with E-state index in [2.05, 4.69) is 27.2 Å². The number of nitrogens with zero attached hydrogens (tertiary/aromatic N) is 3. The van der Waals surface area contributed by atoms with Crippen LogP contribution in [0.15, 0.2) is 36.4 Å². The number of nitrogens with one attached hydrogen (secondary N) is 1. The van der Waals surface area contributed by atoms with Crippen LogP contribution in [0.2, 0.25) is 5.15 Å². The smallest absolute Gasteiger partial charge is 0.163 e. The summed E-state index contributed by atoms with van der Waals surface area (Å²) in [6, 6.07) is 11.7. The largest absolute Gasteiger partial charge is 0.370 e. The molecule has 1 fully saturated rings. The first-order chi connectivity index (χ1) is 10.2. The average molecular weight is 303 g/mol. The highest BCUT2D eigenvalue weighted by Gasteiger charge is 2.19. The highest BCUT2D eigenvalue weighted by Crippen LogP contribution is 2.21. The van der Waals surface area contributed by atoms with Crippen LogP contribution >= 0.6 is 11.6 Å². The summed E-state index contributed by atoms with van der Waals surface area (Å²) in [6.45, 7) is 3.23. The van der Waals surface area contributed by atoms with E-state index in [0.29, 0.717) is 16.9 Å². The number of anilines is 1. The van der Waals surface area contributed by atoms with Crippen LogP contribution in [0, 0.1) is 5.92 Å². The third kappa shape index (κ3) is 3.71. The molecule has 0 saturated carbocycles. The van der Waals surface area contributed by atoms with Gasteiger partial charge in [0.15, 0.2) is 5.82 Å². The van der Waals surface area contributed by atoms with Gasteiger partial charge in [-0.15, -0.1) is 0 Å². The molecule has 0 radical (unpaired) electrons. The van der Waals surface area contributed by atoms with Crippen molar-refractivity contribution >= 4 is 17.4 Å². The summed E-state index contributed by atoms with van der Waals surface area (Å²) in [5, 5.41) is 3.86. The van der Waals surface area contributed by atoms with Crippen LogP contribution in [-0.4, -0.2) is 41.5 Å². The lowest BCUT2D eigenvalue weighted by molar-refractivity contribution is 0.399. The molecule has 1 aliphatic rings. The monoisotopic (exact) mass is 302 g/mol. The van der Waals surface area contributed by atoms with Gasteiger partial charge in [-0.05, 0) is 25.9 Å². The molecule has 0 bridgehead atoms. The van der Waals surface area contributed by atoms with E-state index in [1.807, 2.05) is 30.3 Å². The Morgan fingerprint density at radius 2 is 2.10 bits per heavy atom. The molecule has 1 aromatic carbocycles. The predicted molar refractivity (Wildman–Crippen MR) is 86.6 cm³/mol. The molecule has 5 heteroatoms. The highest BCUT2D eigenvalue weighted by atomic mass is 35.5. The van der Waals surface area contributed by atoms with Crippen LogP contribution in [0.1, 0.15) is 6.42 Å². The van der Waals surface area contributed by atoms with Gasteiger partial charge < -0.3 is 10.2 Å². The highest BCUT2D eigenvalue weighted by molar-refractivity contribution is 6.29. The van der Waals surface area contributed by atoms with Gasteiger partial charge in [0, 0.05) is 24.7 Å². The minimum atomic E-state index is 0.467. The van der Waals surface area contributed by atoms with Crippen LogP contribution < -0.4 is 5.32 Å². The lowest BCUT2D eigenvalue weighted by Gasteiger charge is -2.13. The SMILES string of the molecule is CN1CCC(CNc2cc(Cl)nc(-c3ccccc3)n2)C1. The molecule has 110 valence electrons. The maximum absolute atomic E-state index is 6.12. The zero-order chi connectivity index (χ0) is 14.7. The maximum Gasteiger partial charge on any atom is 0.163 e. The number of hydrogen-bond acceptors (Lipinski definition) is 4. The van der Waals surface area contributed by atoms with E-state index < -0.39 is 0 Å². The third-order valence-electron chi connectivity index (χ3n) is 3.79. The molecular weight excluding hydrogens is 284 g/mol. The van der Waals surface area contributed by atoms with Crippen molar-refractivity contribution in [2.75, 3.05) is 32.0 Å². The molecule has 0 spiro atoms. The van der Waals surface area contributed by atoms with Crippen molar-refractivity contribution in [1.82, 2.24) is 14.9 Å². The van der Waals surface area contributed by atoms with Gasteiger partial charge >= 0.3 is 0 Å². The summed E-state index contributed by atoms with van der Waals surface area (Å²) < 4.78 is 0. The number of hydrogen-bond donors (Lipinski definition) is 1. The van der Waals surface area contributed by atoms with Crippen LogP contribution in [0.5, 0.6) is 0 Å². The molecule has 1 aliphatic heterocycles. The Hall–Kier alpha value is -1.65. The van der Waals surface area contributed by atoms with E-state index in [9.17, 15) is 0 Å². The molecule has 1 atom stereocenters. The summed E-state index contributed by atoms with van der Waals surface area (Å²) in [7, 11) is 2.16. The molecule has 1 N–H and O–H groups in total. The van der Waals surface area contributed by atoms with Gasteiger partial charge in [-0.2, -0.15) is 0 Å². The number of likely N-dealkylation sites (tertiary alicyclic amines) is 1. The average Bonchev–Trinajstić information content (AvgIpc) is 2.91. The van der Waals surface area contributed by atoms with Gasteiger partial charge in [0.05, 0.1) is 0 Å². The second-order valence-electron chi connectivity index (χ2n) is 5.56. The zero-order valence-electron chi connectivity index (χ0n) is 12.1. The summed E-state index contributed by atoms with van der Waals surface area (Å²) in [5.74, 6) is 2.13. The Morgan fingerprint density at radius 1 is 1.29 bits per heavy atom. The fourth-order valence-corrected chi connectivity index (χ4v) is 2.85. The molecule has 0 amide bonds. The second-order valence-corrected chi connectivity index (χ2v) is 5.95. The normalized spacial score (nSPS) is 18.9. The minimum Gasteiger partial charge on any atom is -0.370 e. The van der Waals surface area contributed by atoms with Gasteiger partial charge in [0.25, 0.3) is 0 Å². The van der Waals surface area contributed by atoms with Crippen molar-refractivity contribution < 1.29 is 0 Å². The lowest BCUT2D eigenvalue weighted by atomic mass is 10.1. The molecule has 1 unspecified atom stereocenters. The van der Waals surface area contributed by atoms with Crippen molar-refractivity contribution in [3.63, 3.8) is 0 Å². The molecule has 4 nitrogen and oxygen atoms in total. The second kappa shape index (κ2) is 6.41. The summed E-state index contributed by atoms with van der Waals surface area (Å²) >= 11 is 6.12. The Bertz CT molecular complexity index is 602. The maximum atomic E-state index is 6.12. The fraction of sp³-hybridized carbons (Fsp3) is 0.375. The van der Waals surface area contributed by atoms with Gasteiger partial charge in [0.1, 0.15) is 11.0 Å². The Balaban J connectivity index is 1.72. The summed E-state index contributed by atoms with van der Waals surface area (Å²) in [6.07, 6.45) is 1.23. The molecule has 2 heterocycles. The number of rotatable bonds is 4. The van der Waals surface area contributed by atoms with Crippen molar-refractivity contribution in [3.05, 3.63) is 41.6 Å². The van der Waals surface area contributed by atoms with Crippen LogP contribution in [-0.2, 0) is 0 Å². The van der Waals surface area contributed by atoms with E-state index in [4.69, 9.17) is 11.6 Å². The van der Waals surface area contributed by atoms with Crippen molar-refractivity contribution in [2.24, 2.45) is 5.92 Å². The standard InChI is InChI=1S/C16H19ClN4/c1-21-8-7-12(11-21)10-18-15-9-14(17)19-16(20-15)13-5-3-2-4-6-13/h2-6,9,12H,7-8,10-11H2,1H3,(H,18,19,20). The van der Waals surface area contributed by atoms with E-state index in [-0.39, 0.29) is 0 Å². The predicted octanol–water partition coefficient (Wildman–Crippen LogP) is 3.16. The molecule has 2 aromatic rings. The molecule has 0 aliphatic carbocycles. The van der Waals surface area contributed by atoms with Crippen molar-refractivity contribution in [1.29, 1.82) is 0 Å². The molecular formula is C16H19ClN4. The summed E-state index contributed by atoms with van der Waals surface area (Å²) in [5.41, 5.74) is 0.976. The summed E-state index contributed by atoms with van der Waals surface area (Å²) in [4.78, 5) is 11.2. The Labute approximate surface area is 130 Å². The van der Waals surface area contributed by atoms with Crippen LogP contribution in [0.3, 0.4) is 0 Å². The Morgan fingerprint density at radius 3 is 2.81 bits per heavy atom. The van der Waals surface area contributed by atoms with Gasteiger partial charge in [-0.25, -0.2) is 9.97 Å². The first-order valence-corrected chi connectivity index (χ1v) is 7.61. The molecule has 21 heavy (non-hydrogen) atoms. The van der Waals surface area contributed by atoms with E-state index in [1.54, 1.807) is 6.07 Å². The minimum absolute atomic E-state index is 0.467. The number of benzene rings is 1. The molecule has 1 aromatic heterocycles. The Kier molecular flexibility index (Phi) is 4.36. The van der Waals surface area contributed by atoms with Gasteiger partial charge in [0.2, 0.25) is 0 Å². The van der Waals surface area contributed by atoms with E-state index in [0.717, 1.165) is 24.5 Å². The van der Waals surface area contributed by atoms with Gasteiger partial charge in [-0.1, -0.05) is 41.9 Å². The van der Waals surface area contributed by atoms with Gasteiger partial charge in [-0.3, -0.25) is 0 Å². The van der Waals surface area contributed by atoms with Crippen LogP contribution in [0.4, 0.5) is 5.82 Å². The van der Waals surface area contributed by atoms with Crippen LogP contribution in [0.25, 0.3) is 11.4 Å². The van der Waals surface area contributed by atoms with Crippen molar-refractivity contribution in [2.45, 2.75) is 6.42 Å². The number of aromatic nitrogens is 2. The van der Waals surface area contributed by atoms with E-state index >= 15 is 0 Å². The number of halogens is 1.